The molecule has 0 saturated heterocycles. The van der Waals surface area contributed by atoms with Gasteiger partial charge in [0.15, 0.2) is 5.76 Å². The molecule has 0 radical (unpaired) electrons. The lowest BCUT2D eigenvalue weighted by Crippen LogP contribution is -2.16. The van der Waals surface area contributed by atoms with Gasteiger partial charge in [-0.15, -0.1) is 0 Å². The molecule has 0 atom stereocenters. The van der Waals surface area contributed by atoms with E-state index in [1.165, 1.54) is 11.8 Å². The molecular weight excluding hydrogens is 322 g/mol. The number of nitrogens with zero attached hydrogens (tertiary/aromatic N) is 2. The number of furan rings is 1. The Morgan fingerprint density at radius 2 is 2.17 bits per heavy atom. The predicted octanol–water partition coefficient (Wildman–Crippen LogP) is 4.08. The number of amides is 1. The minimum absolute atomic E-state index is 0.259. The van der Waals surface area contributed by atoms with Crippen molar-refractivity contribution >= 4 is 23.5 Å². The molecule has 6 heteroatoms. The fourth-order valence-electron chi connectivity index (χ4n) is 2.94. The highest BCUT2D eigenvalue weighted by Gasteiger charge is 2.26. The number of nitrogens with one attached hydrogen (secondary N) is 1. The molecule has 0 fully saturated rings. The molecule has 122 valence electrons. The summed E-state index contributed by atoms with van der Waals surface area (Å²) in [4.78, 5) is 12.4. The van der Waals surface area contributed by atoms with Crippen molar-refractivity contribution < 1.29 is 9.21 Å². The molecule has 3 aromatic rings. The van der Waals surface area contributed by atoms with Gasteiger partial charge in [-0.3, -0.25) is 4.79 Å². The maximum absolute atomic E-state index is 12.4. The van der Waals surface area contributed by atoms with Crippen LogP contribution in [0, 0.1) is 13.8 Å². The number of fused-ring (bicyclic) bond motifs is 1. The lowest BCUT2D eigenvalue weighted by Gasteiger charge is -2.13. The van der Waals surface area contributed by atoms with E-state index in [0.29, 0.717) is 5.76 Å². The van der Waals surface area contributed by atoms with Gasteiger partial charge in [-0.2, -0.15) is 16.9 Å². The molecule has 3 heterocycles. The molecule has 1 aliphatic rings. The van der Waals surface area contributed by atoms with Gasteiger partial charge in [0.25, 0.3) is 5.91 Å². The SMILES string of the molecule is Cc1ccc(-n2nc3c(c2NC(=O)c2ccco2)CSC3)c(C)c1. The van der Waals surface area contributed by atoms with Gasteiger partial charge in [-0.05, 0) is 37.6 Å². The molecule has 1 aromatic carbocycles. The third-order valence-electron chi connectivity index (χ3n) is 4.11. The molecule has 0 unspecified atom stereocenters. The van der Waals surface area contributed by atoms with Gasteiger partial charge in [-0.25, -0.2) is 4.68 Å². The number of rotatable bonds is 3. The highest BCUT2D eigenvalue weighted by molar-refractivity contribution is 7.98. The zero-order valence-corrected chi connectivity index (χ0v) is 14.3. The lowest BCUT2D eigenvalue weighted by atomic mass is 10.1. The smallest absolute Gasteiger partial charge is 0.292 e. The van der Waals surface area contributed by atoms with E-state index < -0.39 is 0 Å². The second-order valence-corrected chi connectivity index (χ2v) is 6.89. The van der Waals surface area contributed by atoms with E-state index in [2.05, 4.69) is 31.3 Å². The largest absolute Gasteiger partial charge is 0.459 e. The second-order valence-electron chi connectivity index (χ2n) is 5.90. The summed E-state index contributed by atoms with van der Waals surface area (Å²) in [7, 11) is 0. The first-order valence-corrected chi connectivity index (χ1v) is 8.90. The number of anilines is 1. The standard InChI is InChI=1S/C18H17N3O2S/c1-11-5-6-15(12(2)8-11)21-17(13-9-24-10-14(13)20-21)19-18(22)16-4-3-7-23-16/h3-8H,9-10H2,1-2H3,(H,19,22). The number of aryl methyl sites for hydroxylation is 2. The van der Waals surface area contributed by atoms with Crippen LogP contribution in [0.3, 0.4) is 0 Å². The molecule has 0 aliphatic carbocycles. The average Bonchev–Trinajstić information content (AvgIpc) is 3.25. The van der Waals surface area contributed by atoms with Gasteiger partial charge >= 0.3 is 0 Å². The van der Waals surface area contributed by atoms with Crippen molar-refractivity contribution in [2.45, 2.75) is 25.4 Å². The number of benzene rings is 1. The Bertz CT molecular complexity index is 913. The van der Waals surface area contributed by atoms with Crippen molar-refractivity contribution in [3.05, 3.63) is 64.7 Å². The summed E-state index contributed by atoms with van der Waals surface area (Å²) in [5.74, 6) is 2.50. The van der Waals surface area contributed by atoms with Crippen molar-refractivity contribution in [3.8, 4) is 5.69 Å². The van der Waals surface area contributed by atoms with Crippen LogP contribution in [0.25, 0.3) is 5.69 Å². The number of aromatic nitrogens is 2. The summed E-state index contributed by atoms with van der Waals surface area (Å²) in [6.45, 7) is 4.12. The highest BCUT2D eigenvalue weighted by Crippen LogP contribution is 2.36. The van der Waals surface area contributed by atoms with Crippen LogP contribution in [0.5, 0.6) is 0 Å². The van der Waals surface area contributed by atoms with Crippen molar-refractivity contribution in [2.24, 2.45) is 0 Å². The zero-order valence-electron chi connectivity index (χ0n) is 13.5. The monoisotopic (exact) mass is 339 g/mol. The lowest BCUT2D eigenvalue weighted by molar-refractivity contribution is 0.0996. The quantitative estimate of drug-likeness (QED) is 0.781. The van der Waals surface area contributed by atoms with Crippen molar-refractivity contribution in [1.82, 2.24) is 9.78 Å². The summed E-state index contributed by atoms with van der Waals surface area (Å²) < 4.78 is 7.05. The maximum Gasteiger partial charge on any atom is 0.292 e. The zero-order chi connectivity index (χ0) is 16.7. The Hall–Kier alpha value is -2.47. The highest BCUT2D eigenvalue weighted by atomic mass is 32.2. The van der Waals surface area contributed by atoms with Gasteiger partial charge < -0.3 is 9.73 Å². The number of carbonyl (C=O) groups is 1. The van der Waals surface area contributed by atoms with E-state index in [4.69, 9.17) is 9.52 Å². The maximum atomic E-state index is 12.4. The van der Waals surface area contributed by atoms with E-state index in [1.54, 1.807) is 12.1 Å². The van der Waals surface area contributed by atoms with Crippen LogP contribution in [0.4, 0.5) is 5.82 Å². The molecule has 0 saturated carbocycles. The molecule has 1 aliphatic heterocycles. The molecule has 0 spiro atoms. The van der Waals surface area contributed by atoms with Gasteiger partial charge in [0, 0.05) is 17.1 Å². The van der Waals surface area contributed by atoms with E-state index >= 15 is 0 Å². The van der Waals surface area contributed by atoms with Gasteiger partial charge in [0.1, 0.15) is 5.82 Å². The summed E-state index contributed by atoms with van der Waals surface area (Å²) >= 11 is 1.81. The van der Waals surface area contributed by atoms with Crippen LogP contribution >= 0.6 is 11.8 Å². The van der Waals surface area contributed by atoms with Gasteiger partial charge in [-0.1, -0.05) is 17.7 Å². The molecule has 5 nitrogen and oxygen atoms in total. The molecular formula is C18H17N3O2S. The van der Waals surface area contributed by atoms with Gasteiger partial charge in [0.2, 0.25) is 0 Å². The molecule has 1 N–H and O–H groups in total. The van der Waals surface area contributed by atoms with Crippen LogP contribution in [0.15, 0.2) is 41.0 Å². The van der Waals surface area contributed by atoms with Crippen LogP contribution in [-0.4, -0.2) is 15.7 Å². The van der Waals surface area contributed by atoms with E-state index in [-0.39, 0.29) is 5.91 Å². The fourth-order valence-corrected chi connectivity index (χ4v) is 3.97. The normalized spacial score (nSPS) is 13.1. The van der Waals surface area contributed by atoms with Gasteiger partial charge in [0.05, 0.1) is 17.6 Å². The topological polar surface area (TPSA) is 60.1 Å². The molecule has 2 aromatic heterocycles. The third kappa shape index (κ3) is 2.53. The minimum atomic E-state index is -0.259. The fraction of sp³-hybridized carbons (Fsp3) is 0.222. The first-order chi connectivity index (χ1) is 11.6. The summed E-state index contributed by atoms with van der Waals surface area (Å²) in [6.07, 6.45) is 1.50. The van der Waals surface area contributed by atoms with Crippen LogP contribution in [0.2, 0.25) is 0 Å². The van der Waals surface area contributed by atoms with E-state index in [1.807, 2.05) is 22.5 Å². The Kier molecular flexibility index (Phi) is 3.69. The van der Waals surface area contributed by atoms with Crippen LogP contribution in [-0.2, 0) is 11.5 Å². The van der Waals surface area contributed by atoms with E-state index in [0.717, 1.165) is 39.8 Å². The first kappa shape index (κ1) is 15.1. The third-order valence-corrected chi connectivity index (χ3v) is 5.08. The summed E-state index contributed by atoms with van der Waals surface area (Å²) in [6, 6.07) is 9.58. The Morgan fingerprint density at radius 3 is 2.92 bits per heavy atom. The molecule has 24 heavy (non-hydrogen) atoms. The Labute approximate surface area is 144 Å². The second kappa shape index (κ2) is 5.87. The molecule has 4 rings (SSSR count). The molecule has 0 bridgehead atoms. The number of thioether (sulfide) groups is 1. The molecule has 1 amide bonds. The summed E-state index contributed by atoms with van der Waals surface area (Å²) in [5, 5.41) is 7.72. The Morgan fingerprint density at radius 1 is 1.29 bits per heavy atom. The summed E-state index contributed by atoms with van der Waals surface area (Å²) in [5.41, 5.74) is 5.44. The van der Waals surface area contributed by atoms with Crippen molar-refractivity contribution in [2.75, 3.05) is 5.32 Å². The number of hydrogen-bond acceptors (Lipinski definition) is 4. The van der Waals surface area contributed by atoms with Crippen molar-refractivity contribution in [3.63, 3.8) is 0 Å². The minimum Gasteiger partial charge on any atom is -0.459 e. The van der Waals surface area contributed by atoms with Crippen molar-refractivity contribution in [1.29, 1.82) is 0 Å². The number of carbonyl (C=O) groups excluding carboxylic acids is 1. The number of hydrogen-bond donors (Lipinski definition) is 1. The first-order valence-electron chi connectivity index (χ1n) is 7.74. The average molecular weight is 339 g/mol. The Balaban J connectivity index is 1.79. The van der Waals surface area contributed by atoms with Crippen LogP contribution < -0.4 is 5.32 Å². The predicted molar refractivity (Wildman–Crippen MR) is 94.7 cm³/mol. The van der Waals surface area contributed by atoms with E-state index in [9.17, 15) is 4.79 Å². The van der Waals surface area contributed by atoms with Crippen LogP contribution in [0.1, 0.15) is 32.9 Å².